The third kappa shape index (κ3) is 2.88. The van der Waals surface area contributed by atoms with Gasteiger partial charge in [-0.1, -0.05) is 32.4 Å². The highest BCUT2D eigenvalue weighted by Gasteiger charge is 2.56. The summed E-state index contributed by atoms with van der Waals surface area (Å²) in [6, 6.07) is 8.67. The van der Waals surface area contributed by atoms with Crippen molar-refractivity contribution in [2.24, 2.45) is 17.8 Å². The lowest BCUT2D eigenvalue weighted by molar-refractivity contribution is -0.118. The molecule has 2 unspecified atom stereocenters. The molecule has 108 valence electrons. The van der Waals surface area contributed by atoms with Crippen LogP contribution < -0.4 is 10.6 Å². The molecule has 0 aromatic heterocycles. The monoisotopic (exact) mass is 272 g/mol. The van der Waals surface area contributed by atoms with Crippen molar-refractivity contribution in [3.8, 4) is 0 Å². The molecule has 0 spiro atoms. The van der Waals surface area contributed by atoms with Gasteiger partial charge in [-0.05, 0) is 42.4 Å². The van der Waals surface area contributed by atoms with Crippen molar-refractivity contribution in [1.82, 2.24) is 5.32 Å². The number of fused-ring (bicyclic) bond motifs is 1. The predicted octanol–water partition coefficient (Wildman–Crippen LogP) is 3.17. The van der Waals surface area contributed by atoms with Crippen molar-refractivity contribution in [2.75, 3.05) is 5.32 Å². The van der Waals surface area contributed by atoms with E-state index in [0.29, 0.717) is 23.8 Å². The van der Waals surface area contributed by atoms with Gasteiger partial charge in [0.15, 0.2) is 0 Å². The van der Waals surface area contributed by atoms with Gasteiger partial charge in [0.05, 0.1) is 0 Å². The zero-order valence-electron chi connectivity index (χ0n) is 12.4. The fourth-order valence-electron chi connectivity index (χ4n) is 3.46. The lowest BCUT2D eigenvalue weighted by Crippen LogP contribution is -2.21. The maximum Gasteiger partial charge on any atom is 0.228 e. The molecule has 2 aliphatic rings. The normalized spacial score (nSPS) is 27.4. The van der Waals surface area contributed by atoms with E-state index in [2.05, 4.69) is 36.6 Å². The molecule has 20 heavy (non-hydrogen) atoms. The number of anilines is 1. The summed E-state index contributed by atoms with van der Waals surface area (Å²) in [5, 5.41) is 6.45. The largest absolute Gasteiger partial charge is 0.326 e. The van der Waals surface area contributed by atoms with Gasteiger partial charge in [0.2, 0.25) is 5.91 Å². The SMILES string of the molecule is CC(C)NCc1ccc(NC(=O)C2C3CCCC32)cc1. The number of amides is 1. The summed E-state index contributed by atoms with van der Waals surface area (Å²) in [7, 11) is 0. The van der Waals surface area contributed by atoms with Crippen LogP contribution in [0.2, 0.25) is 0 Å². The van der Waals surface area contributed by atoms with Gasteiger partial charge in [-0.2, -0.15) is 0 Å². The van der Waals surface area contributed by atoms with Crippen LogP contribution in [0.25, 0.3) is 0 Å². The molecule has 1 aromatic carbocycles. The van der Waals surface area contributed by atoms with Gasteiger partial charge < -0.3 is 10.6 Å². The number of nitrogens with one attached hydrogen (secondary N) is 2. The fourth-order valence-corrected chi connectivity index (χ4v) is 3.46. The number of hydrogen-bond acceptors (Lipinski definition) is 2. The fraction of sp³-hybridized carbons (Fsp3) is 0.588. The summed E-state index contributed by atoms with van der Waals surface area (Å²) in [5.74, 6) is 1.90. The number of hydrogen-bond donors (Lipinski definition) is 2. The Morgan fingerprint density at radius 1 is 1.20 bits per heavy atom. The molecule has 1 amide bonds. The average molecular weight is 272 g/mol. The minimum atomic E-state index is 0.229. The standard InChI is InChI=1S/C17H24N2O/c1-11(2)18-10-12-6-8-13(9-7-12)19-17(20)16-14-4-3-5-15(14)16/h6-9,11,14-16,18H,3-5,10H2,1-2H3,(H,19,20). The lowest BCUT2D eigenvalue weighted by atomic mass is 10.1. The van der Waals surface area contributed by atoms with E-state index in [1.54, 1.807) is 0 Å². The Bertz CT molecular complexity index is 470. The van der Waals surface area contributed by atoms with Crippen LogP contribution in [0.3, 0.4) is 0 Å². The summed E-state index contributed by atoms with van der Waals surface area (Å²) in [4.78, 5) is 12.2. The number of benzene rings is 1. The van der Waals surface area contributed by atoms with Gasteiger partial charge in [-0.3, -0.25) is 4.79 Å². The van der Waals surface area contributed by atoms with Crippen molar-refractivity contribution in [1.29, 1.82) is 0 Å². The van der Waals surface area contributed by atoms with E-state index in [9.17, 15) is 4.79 Å². The molecule has 0 heterocycles. The topological polar surface area (TPSA) is 41.1 Å². The van der Waals surface area contributed by atoms with Crippen LogP contribution in [-0.4, -0.2) is 11.9 Å². The molecule has 2 saturated carbocycles. The van der Waals surface area contributed by atoms with Crippen LogP contribution in [-0.2, 0) is 11.3 Å². The summed E-state index contributed by atoms with van der Waals surface area (Å²) < 4.78 is 0. The van der Waals surface area contributed by atoms with Gasteiger partial charge in [0.25, 0.3) is 0 Å². The molecule has 0 radical (unpaired) electrons. The summed E-state index contributed by atoms with van der Waals surface area (Å²) >= 11 is 0. The molecule has 2 aliphatic carbocycles. The molecule has 1 aromatic rings. The Labute approximate surface area is 121 Å². The quantitative estimate of drug-likeness (QED) is 0.864. The zero-order chi connectivity index (χ0) is 14.1. The molecule has 0 aliphatic heterocycles. The van der Waals surface area contributed by atoms with Crippen molar-refractivity contribution < 1.29 is 4.79 Å². The second-order valence-corrected chi connectivity index (χ2v) is 6.51. The van der Waals surface area contributed by atoms with Crippen molar-refractivity contribution in [2.45, 2.75) is 45.7 Å². The van der Waals surface area contributed by atoms with Crippen molar-refractivity contribution in [3.05, 3.63) is 29.8 Å². The van der Waals surface area contributed by atoms with Crippen LogP contribution in [0.4, 0.5) is 5.69 Å². The van der Waals surface area contributed by atoms with E-state index >= 15 is 0 Å². The van der Waals surface area contributed by atoms with Crippen LogP contribution in [0.5, 0.6) is 0 Å². The third-order valence-electron chi connectivity index (χ3n) is 4.65. The predicted molar refractivity (Wildman–Crippen MR) is 81.4 cm³/mol. The second-order valence-electron chi connectivity index (χ2n) is 6.51. The molecule has 3 nitrogen and oxygen atoms in total. The molecular weight excluding hydrogens is 248 g/mol. The van der Waals surface area contributed by atoms with E-state index in [1.165, 1.54) is 24.8 Å². The lowest BCUT2D eigenvalue weighted by Gasteiger charge is -2.10. The minimum absolute atomic E-state index is 0.229. The maximum absolute atomic E-state index is 12.2. The maximum atomic E-state index is 12.2. The Morgan fingerprint density at radius 3 is 2.45 bits per heavy atom. The van der Waals surface area contributed by atoms with E-state index in [4.69, 9.17) is 0 Å². The van der Waals surface area contributed by atoms with Gasteiger partial charge >= 0.3 is 0 Å². The van der Waals surface area contributed by atoms with Crippen LogP contribution in [0.1, 0.15) is 38.7 Å². The first-order valence-electron chi connectivity index (χ1n) is 7.78. The molecule has 2 atom stereocenters. The molecule has 0 saturated heterocycles. The molecule has 2 fully saturated rings. The highest BCUT2D eigenvalue weighted by atomic mass is 16.2. The van der Waals surface area contributed by atoms with Gasteiger partial charge in [-0.25, -0.2) is 0 Å². The Morgan fingerprint density at radius 2 is 1.85 bits per heavy atom. The molecule has 0 bridgehead atoms. The second kappa shape index (κ2) is 5.57. The van der Waals surface area contributed by atoms with Crippen molar-refractivity contribution >= 4 is 11.6 Å². The Hall–Kier alpha value is -1.35. The molecule has 3 heteroatoms. The highest BCUT2D eigenvalue weighted by Crippen LogP contribution is 2.57. The van der Waals surface area contributed by atoms with E-state index in [-0.39, 0.29) is 5.91 Å². The van der Waals surface area contributed by atoms with Crippen molar-refractivity contribution in [3.63, 3.8) is 0 Å². The Kier molecular flexibility index (Phi) is 3.79. The first-order valence-corrected chi connectivity index (χ1v) is 7.78. The Balaban J connectivity index is 1.52. The van der Waals surface area contributed by atoms with Gasteiger partial charge in [-0.15, -0.1) is 0 Å². The van der Waals surface area contributed by atoms with Crippen LogP contribution >= 0.6 is 0 Å². The number of rotatable bonds is 5. The third-order valence-corrected chi connectivity index (χ3v) is 4.65. The molecule has 2 N–H and O–H groups in total. The summed E-state index contributed by atoms with van der Waals surface area (Å²) in [6.45, 7) is 5.15. The average Bonchev–Trinajstić information content (AvgIpc) is 2.92. The minimum Gasteiger partial charge on any atom is -0.326 e. The van der Waals surface area contributed by atoms with E-state index in [0.717, 1.165) is 12.2 Å². The van der Waals surface area contributed by atoms with Crippen LogP contribution in [0.15, 0.2) is 24.3 Å². The van der Waals surface area contributed by atoms with Gasteiger partial charge in [0.1, 0.15) is 0 Å². The van der Waals surface area contributed by atoms with Crippen LogP contribution in [0, 0.1) is 17.8 Å². The number of carbonyl (C=O) groups is 1. The van der Waals surface area contributed by atoms with E-state index in [1.807, 2.05) is 12.1 Å². The first kappa shape index (κ1) is 13.6. The number of carbonyl (C=O) groups excluding carboxylic acids is 1. The first-order chi connectivity index (χ1) is 9.65. The van der Waals surface area contributed by atoms with Gasteiger partial charge in [0, 0.05) is 24.2 Å². The smallest absolute Gasteiger partial charge is 0.228 e. The molecular formula is C17H24N2O. The summed E-state index contributed by atoms with van der Waals surface area (Å²) in [5.41, 5.74) is 2.17. The highest BCUT2D eigenvalue weighted by molar-refractivity contribution is 5.95. The zero-order valence-corrected chi connectivity index (χ0v) is 12.4. The summed E-state index contributed by atoms with van der Waals surface area (Å²) in [6.07, 6.45) is 3.82. The molecule has 3 rings (SSSR count). The van der Waals surface area contributed by atoms with E-state index < -0.39 is 0 Å².